The lowest BCUT2D eigenvalue weighted by Gasteiger charge is -1.94. The van der Waals surface area contributed by atoms with Gasteiger partial charge in [-0.15, -0.1) is 0 Å². The summed E-state index contributed by atoms with van der Waals surface area (Å²) >= 11 is 4.57. The summed E-state index contributed by atoms with van der Waals surface area (Å²) in [6.07, 6.45) is 0.464. The van der Waals surface area contributed by atoms with E-state index in [0.717, 1.165) is 0 Å². The van der Waals surface area contributed by atoms with Gasteiger partial charge in [0.05, 0.1) is 13.7 Å². The number of rotatable bonds is 2. The summed E-state index contributed by atoms with van der Waals surface area (Å²) in [5.74, 6) is 0. The molecule has 2 nitrogen and oxygen atoms in total. The number of methoxy groups -OCH3 is 1. The molecule has 0 aromatic carbocycles. The maximum Gasteiger partial charge on any atom is 0.161 e. The van der Waals surface area contributed by atoms with Crippen LogP contribution in [0.4, 0.5) is 0 Å². The summed E-state index contributed by atoms with van der Waals surface area (Å²) in [4.78, 5) is 0. The molecule has 0 spiro atoms. The Labute approximate surface area is 48.1 Å². The van der Waals surface area contributed by atoms with Gasteiger partial charge >= 0.3 is 0 Å². The van der Waals surface area contributed by atoms with E-state index in [2.05, 4.69) is 17.0 Å². The Kier molecular flexibility index (Phi) is 3.93. The Balaban J connectivity index is 3.00. The van der Waals surface area contributed by atoms with Crippen LogP contribution in [0.25, 0.3) is 0 Å². The quantitative estimate of drug-likeness (QED) is 0.533. The molecule has 0 saturated carbocycles. The molecule has 42 valence electrons. The van der Waals surface area contributed by atoms with Crippen molar-refractivity contribution in [2.45, 2.75) is 6.42 Å². The standard InChI is InChI=1S/C4H8O2S/c1-6-4(7)2-3-5/h5H,2-3H2,1H3. The van der Waals surface area contributed by atoms with E-state index in [1.807, 2.05) is 0 Å². The van der Waals surface area contributed by atoms with Crippen molar-refractivity contribution in [1.82, 2.24) is 0 Å². The maximum atomic E-state index is 8.20. The number of hydrogen-bond acceptors (Lipinski definition) is 3. The molecule has 0 aromatic rings. The first kappa shape index (κ1) is 6.85. The predicted molar refractivity (Wildman–Crippen MR) is 31.3 cm³/mol. The van der Waals surface area contributed by atoms with Crippen LogP contribution >= 0.6 is 12.2 Å². The van der Waals surface area contributed by atoms with Crippen molar-refractivity contribution in [2.24, 2.45) is 0 Å². The molecule has 0 radical (unpaired) electrons. The molecule has 0 atom stereocenters. The smallest absolute Gasteiger partial charge is 0.161 e. The first-order valence-electron chi connectivity index (χ1n) is 1.99. The molecule has 7 heavy (non-hydrogen) atoms. The minimum atomic E-state index is 0.0761. The zero-order valence-corrected chi connectivity index (χ0v) is 4.99. The fraction of sp³-hybridized carbons (Fsp3) is 0.750. The highest BCUT2D eigenvalue weighted by Crippen LogP contribution is 1.83. The van der Waals surface area contributed by atoms with E-state index >= 15 is 0 Å². The van der Waals surface area contributed by atoms with Crippen LogP contribution in [0, 0.1) is 0 Å². The van der Waals surface area contributed by atoms with Crippen LogP contribution in [-0.4, -0.2) is 23.9 Å². The molecular formula is C4H8O2S. The minimum absolute atomic E-state index is 0.0761. The Morgan fingerprint density at radius 2 is 2.43 bits per heavy atom. The molecule has 3 heteroatoms. The second-order valence-electron chi connectivity index (χ2n) is 1.05. The van der Waals surface area contributed by atoms with E-state index in [1.165, 1.54) is 7.11 Å². The average Bonchev–Trinajstić information content (AvgIpc) is 1.68. The Morgan fingerprint density at radius 1 is 1.86 bits per heavy atom. The van der Waals surface area contributed by atoms with Gasteiger partial charge < -0.3 is 9.84 Å². The first-order valence-corrected chi connectivity index (χ1v) is 2.39. The molecule has 0 amide bonds. The van der Waals surface area contributed by atoms with E-state index in [0.29, 0.717) is 11.5 Å². The van der Waals surface area contributed by atoms with Crippen molar-refractivity contribution in [3.8, 4) is 0 Å². The van der Waals surface area contributed by atoms with Crippen LogP contribution in [0.15, 0.2) is 0 Å². The van der Waals surface area contributed by atoms with Crippen molar-refractivity contribution < 1.29 is 9.84 Å². The van der Waals surface area contributed by atoms with Gasteiger partial charge in [-0.25, -0.2) is 0 Å². The Bertz CT molecular complexity index is 62.7. The third kappa shape index (κ3) is 3.69. The fourth-order valence-electron chi connectivity index (χ4n) is 0.193. The molecule has 1 N–H and O–H groups in total. The number of ether oxygens (including phenoxy) is 1. The summed E-state index contributed by atoms with van der Waals surface area (Å²) in [5.41, 5.74) is 0. The zero-order chi connectivity index (χ0) is 5.70. The first-order chi connectivity index (χ1) is 3.31. The monoisotopic (exact) mass is 120 g/mol. The molecular weight excluding hydrogens is 112 g/mol. The van der Waals surface area contributed by atoms with Crippen LogP contribution in [0.2, 0.25) is 0 Å². The molecule has 0 aliphatic heterocycles. The van der Waals surface area contributed by atoms with Crippen LogP contribution in [0.1, 0.15) is 6.42 Å². The lowest BCUT2D eigenvalue weighted by atomic mass is 10.5. The molecule has 0 aliphatic rings. The highest BCUT2D eigenvalue weighted by Gasteiger charge is 1.88. The molecule has 0 bridgehead atoms. The molecule has 0 heterocycles. The normalized spacial score (nSPS) is 8.29. The second-order valence-corrected chi connectivity index (χ2v) is 1.51. The molecule has 0 aromatic heterocycles. The van der Waals surface area contributed by atoms with E-state index in [-0.39, 0.29) is 6.61 Å². The lowest BCUT2D eigenvalue weighted by Crippen LogP contribution is -1.98. The summed E-state index contributed by atoms with van der Waals surface area (Å²) < 4.78 is 4.56. The Morgan fingerprint density at radius 3 is 2.57 bits per heavy atom. The number of hydrogen-bond donors (Lipinski definition) is 1. The van der Waals surface area contributed by atoms with Gasteiger partial charge in [0, 0.05) is 6.42 Å². The van der Waals surface area contributed by atoms with E-state index in [9.17, 15) is 0 Å². The highest BCUT2D eigenvalue weighted by atomic mass is 32.1. The number of aliphatic hydroxyl groups excluding tert-OH is 1. The molecule has 0 aliphatic carbocycles. The fourth-order valence-corrected chi connectivity index (χ4v) is 0.285. The largest absolute Gasteiger partial charge is 0.490 e. The van der Waals surface area contributed by atoms with Gasteiger partial charge in [0.2, 0.25) is 0 Å². The zero-order valence-electron chi connectivity index (χ0n) is 4.18. The van der Waals surface area contributed by atoms with Crippen molar-refractivity contribution in [2.75, 3.05) is 13.7 Å². The van der Waals surface area contributed by atoms with Crippen LogP contribution in [0.5, 0.6) is 0 Å². The summed E-state index contributed by atoms with van der Waals surface area (Å²) in [7, 11) is 1.50. The number of thiocarbonyl (C=S) groups is 1. The van der Waals surface area contributed by atoms with Gasteiger partial charge in [-0.3, -0.25) is 0 Å². The van der Waals surface area contributed by atoms with E-state index < -0.39 is 0 Å². The summed E-state index contributed by atoms with van der Waals surface area (Å²) in [6.45, 7) is 0.0761. The highest BCUT2D eigenvalue weighted by molar-refractivity contribution is 7.80. The molecule has 0 saturated heterocycles. The third-order valence-corrected chi connectivity index (χ3v) is 0.914. The van der Waals surface area contributed by atoms with Gasteiger partial charge in [0.25, 0.3) is 0 Å². The van der Waals surface area contributed by atoms with Gasteiger partial charge in [-0.05, 0) is 12.2 Å². The molecule has 0 unspecified atom stereocenters. The van der Waals surface area contributed by atoms with Crippen molar-refractivity contribution in [1.29, 1.82) is 0 Å². The Hall–Kier alpha value is -0.150. The number of aliphatic hydroxyl groups is 1. The van der Waals surface area contributed by atoms with Crippen molar-refractivity contribution in [3.05, 3.63) is 0 Å². The van der Waals surface area contributed by atoms with Gasteiger partial charge in [0.15, 0.2) is 5.05 Å². The molecule has 0 rings (SSSR count). The minimum Gasteiger partial charge on any atom is -0.490 e. The van der Waals surface area contributed by atoms with Gasteiger partial charge in [-0.1, -0.05) is 0 Å². The van der Waals surface area contributed by atoms with Gasteiger partial charge in [0.1, 0.15) is 0 Å². The van der Waals surface area contributed by atoms with Crippen molar-refractivity contribution >= 4 is 17.3 Å². The second kappa shape index (κ2) is 4.02. The summed E-state index contributed by atoms with van der Waals surface area (Å²) in [6, 6.07) is 0. The summed E-state index contributed by atoms with van der Waals surface area (Å²) in [5, 5.41) is 8.66. The topological polar surface area (TPSA) is 29.5 Å². The van der Waals surface area contributed by atoms with Gasteiger partial charge in [-0.2, -0.15) is 0 Å². The average molecular weight is 120 g/mol. The van der Waals surface area contributed by atoms with Crippen LogP contribution < -0.4 is 0 Å². The third-order valence-electron chi connectivity index (χ3n) is 0.544. The maximum absolute atomic E-state index is 8.20. The predicted octanol–water partition coefficient (Wildman–Crippen LogP) is 0.343. The van der Waals surface area contributed by atoms with E-state index in [4.69, 9.17) is 5.11 Å². The van der Waals surface area contributed by atoms with E-state index in [1.54, 1.807) is 0 Å². The van der Waals surface area contributed by atoms with Crippen LogP contribution in [-0.2, 0) is 4.74 Å². The van der Waals surface area contributed by atoms with Crippen LogP contribution in [0.3, 0.4) is 0 Å². The van der Waals surface area contributed by atoms with Crippen molar-refractivity contribution in [3.63, 3.8) is 0 Å². The molecule has 0 fully saturated rings. The lowest BCUT2D eigenvalue weighted by molar-refractivity contribution is 0.293. The SMILES string of the molecule is COC(=S)CCO.